The van der Waals surface area contributed by atoms with Gasteiger partial charge < -0.3 is 14.0 Å². The van der Waals surface area contributed by atoms with Gasteiger partial charge in [-0.05, 0) is 63.0 Å². The molecule has 0 atom stereocenters. The quantitative estimate of drug-likeness (QED) is 0.488. The van der Waals surface area contributed by atoms with Crippen molar-refractivity contribution in [1.82, 2.24) is 10.4 Å². The van der Waals surface area contributed by atoms with Crippen molar-refractivity contribution in [3.63, 3.8) is 0 Å². The first-order valence-electron chi connectivity index (χ1n) is 9.00. The fourth-order valence-electron chi connectivity index (χ4n) is 2.70. The third-order valence-corrected chi connectivity index (χ3v) is 5.11. The van der Waals surface area contributed by atoms with Crippen LogP contribution in [0.1, 0.15) is 43.6 Å². The summed E-state index contributed by atoms with van der Waals surface area (Å²) in [6.07, 6.45) is 4.66. The van der Waals surface area contributed by atoms with Crippen LogP contribution < -0.4 is 15.6 Å². The lowest BCUT2D eigenvalue weighted by Gasteiger charge is -2.32. The molecule has 1 aliphatic heterocycles. The van der Waals surface area contributed by atoms with E-state index in [0.717, 1.165) is 11.0 Å². The first-order chi connectivity index (χ1) is 13.2. The van der Waals surface area contributed by atoms with Crippen LogP contribution in [0.15, 0.2) is 47.8 Å². The third kappa shape index (κ3) is 4.08. The zero-order chi connectivity index (χ0) is 20.4. The van der Waals surface area contributed by atoms with Gasteiger partial charge in [0.1, 0.15) is 5.75 Å². The van der Waals surface area contributed by atoms with E-state index in [1.165, 1.54) is 0 Å². The van der Waals surface area contributed by atoms with E-state index >= 15 is 0 Å². The summed E-state index contributed by atoms with van der Waals surface area (Å²) in [5.41, 5.74) is 3.61. The Morgan fingerprint density at radius 2 is 1.79 bits per heavy atom. The van der Waals surface area contributed by atoms with Gasteiger partial charge in [0, 0.05) is 18.0 Å². The van der Waals surface area contributed by atoms with Crippen molar-refractivity contribution in [1.29, 1.82) is 0 Å². The molecule has 0 unspecified atom stereocenters. The predicted octanol–water partition coefficient (Wildman–Crippen LogP) is 2.15. The van der Waals surface area contributed by atoms with Crippen molar-refractivity contribution in [3.8, 4) is 5.75 Å². The molecule has 1 saturated heterocycles. The molecule has 3 rings (SSSR count). The number of aromatic nitrogens is 1. The van der Waals surface area contributed by atoms with E-state index in [9.17, 15) is 4.79 Å². The van der Waals surface area contributed by atoms with Crippen molar-refractivity contribution in [2.24, 2.45) is 5.10 Å². The van der Waals surface area contributed by atoms with Gasteiger partial charge in [0.05, 0.1) is 24.5 Å². The Hall–Kier alpha value is -2.71. The minimum atomic E-state index is -0.548. The Bertz CT molecular complexity index is 868. The summed E-state index contributed by atoms with van der Waals surface area (Å²) in [6.45, 7) is 8.00. The van der Waals surface area contributed by atoms with E-state index in [0.29, 0.717) is 11.3 Å². The van der Waals surface area contributed by atoms with Crippen LogP contribution in [0.2, 0.25) is 0 Å². The summed E-state index contributed by atoms with van der Waals surface area (Å²) in [4.78, 5) is 16.0. The van der Waals surface area contributed by atoms with Gasteiger partial charge in [-0.3, -0.25) is 9.78 Å². The molecular weight excluding hydrogens is 357 g/mol. The van der Waals surface area contributed by atoms with Gasteiger partial charge in [-0.25, -0.2) is 5.43 Å². The number of nitrogens with one attached hydrogen (secondary N) is 1. The molecule has 1 aliphatic rings. The first-order valence-corrected chi connectivity index (χ1v) is 9.00. The van der Waals surface area contributed by atoms with Gasteiger partial charge in [0.2, 0.25) is 0 Å². The van der Waals surface area contributed by atoms with Crippen LogP contribution in [-0.4, -0.2) is 42.5 Å². The molecule has 0 radical (unpaired) electrons. The molecule has 0 aliphatic carbocycles. The number of rotatable bonds is 5. The number of methoxy groups -OCH3 is 1. The van der Waals surface area contributed by atoms with Crippen molar-refractivity contribution in [3.05, 3.63) is 53.9 Å². The zero-order valence-corrected chi connectivity index (χ0v) is 16.7. The molecule has 0 saturated carbocycles. The van der Waals surface area contributed by atoms with Crippen molar-refractivity contribution in [2.75, 3.05) is 7.11 Å². The van der Waals surface area contributed by atoms with Gasteiger partial charge in [-0.1, -0.05) is 6.07 Å². The van der Waals surface area contributed by atoms with Crippen LogP contribution in [0.5, 0.6) is 5.75 Å². The van der Waals surface area contributed by atoms with Gasteiger partial charge in [0.15, 0.2) is 0 Å². The minimum absolute atomic E-state index is 0.321. The summed E-state index contributed by atoms with van der Waals surface area (Å²) in [5.74, 6) is 0.348. The second-order valence-corrected chi connectivity index (χ2v) is 7.52. The Kier molecular flexibility index (Phi) is 5.53. The standard InChI is InChI=1S/C20H24BN3O4/c1-19(2)20(3,4)28-21(27-19)17-7-6-16(26-5)12-15(17)13-23-24-18(25)14-8-10-22-11-9-14/h6-13H,1-5H3,(H,24,25)/b23-13+. The molecule has 28 heavy (non-hydrogen) atoms. The molecule has 0 spiro atoms. The minimum Gasteiger partial charge on any atom is -0.497 e. The van der Waals surface area contributed by atoms with Crippen molar-refractivity contribution < 1.29 is 18.8 Å². The first kappa shape index (κ1) is 20.0. The maximum absolute atomic E-state index is 12.1. The Labute approximate surface area is 165 Å². The lowest BCUT2D eigenvalue weighted by Crippen LogP contribution is -2.41. The number of hydrogen-bond donors (Lipinski definition) is 1. The van der Waals surface area contributed by atoms with E-state index < -0.39 is 18.3 Å². The summed E-state index contributed by atoms with van der Waals surface area (Å²) < 4.78 is 17.6. The van der Waals surface area contributed by atoms with E-state index in [1.54, 1.807) is 37.9 Å². The molecule has 2 heterocycles. The van der Waals surface area contributed by atoms with Crippen LogP contribution in [0.25, 0.3) is 0 Å². The molecule has 8 heteroatoms. The van der Waals surface area contributed by atoms with E-state index in [1.807, 2.05) is 45.9 Å². The smallest absolute Gasteiger partial charge is 0.495 e. The van der Waals surface area contributed by atoms with Crippen LogP contribution in [0.4, 0.5) is 0 Å². The molecule has 2 aromatic rings. The average molecular weight is 381 g/mol. The molecule has 1 amide bonds. The number of nitrogens with zero attached hydrogens (tertiary/aromatic N) is 2. The van der Waals surface area contributed by atoms with Gasteiger partial charge in [0.25, 0.3) is 5.91 Å². The SMILES string of the molecule is COc1ccc(B2OC(C)(C)C(C)(C)O2)c(/C=N/NC(=O)c2ccncc2)c1. The molecular formula is C20H24BN3O4. The summed E-state index contributed by atoms with van der Waals surface area (Å²) >= 11 is 0. The predicted molar refractivity (Wildman–Crippen MR) is 108 cm³/mol. The van der Waals surface area contributed by atoms with E-state index in [-0.39, 0.29) is 5.91 Å². The Morgan fingerprint density at radius 1 is 1.14 bits per heavy atom. The number of hydrazone groups is 1. The Balaban J connectivity index is 1.83. The van der Waals surface area contributed by atoms with Crippen molar-refractivity contribution in [2.45, 2.75) is 38.9 Å². The second kappa shape index (κ2) is 7.73. The largest absolute Gasteiger partial charge is 0.497 e. The maximum atomic E-state index is 12.1. The summed E-state index contributed by atoms with van der Waals surface area (Å²) in [6, 6.07) is 8.78. The number of pyridine rings is 1. The zero-order valence-electron chi connectivity index (χ0n) is 16.7. The van der Waals surface area contributed by atoms with Gasteiger partial charge >= 0.3 is 7.12 Å². The molecule has 0 bridgehead atoms. The average Bonchev–Trinajstić information content (AvgIpc) is 2.89. The monoisotopic (exact) mass is 381 g/mol. The number of hydrogen-bond acceptors (Lipinski definition) is 6. The number of carbonyl (C=O) groups excluding carboxylic acids is 1. The fraction of sp³-hybridized carbons (Fsp3) is 0.350. The number of ether oxygens (including phenoxy) is 1. The van der Waals surface area contributed by atoms with Gasteiger partial charge in [-0.15, -0.1) is 0 Å². The molecule has 1 N–H and O–H groups in total. The highest BCUT2D eigenvalue weighted by atomic mass is 16.7. The summed E-state index contributed by atoms with van der Waals surface area (Å²) in [7, 11) is 1.05. The van der Waals surface area contributed by atoms with Crippen LogP contribution in [-0.2, 0) is 9.31 Å². The molecule has 1 fully saturated rings. The van der Waals surface area contributed by atoms with Crippen LogP contribution >= 0.6 is 0 Å². The molecule has 7 nitrogen and oxygen atoms in total. The number of benzene rings is 1. The lowest BCUT2D eigenvalue weighted by atomic mass is 9.76. The Morgan fingerprint density at radius 3 is 2.39 bits per heavy atom. The van der Waals surface area contributed by atoms with Crippen LogP contribution in [0, 0.1) is 0 Å². The highest BCUT2D eigenvalue weighted by molar-refractivity contribution is 6.63. The molecule has 146 valence electrons. The molecule has 1 aromatic heterocycles. The maximum Gasteiger partial charge on any atom is 0.495 e. The van der Waals surface area contributed by atoms with Crippen molar-refractivity contribution >= 4 is 24.7 Å². The highest BCUT2D eigenvalue weighted by Gasteiger charge is 2.52. The van der Waals surface area contributed by atoms with E-state index in [4.69, 9.17) is 14.0 Å². The number of carbonyl (C=O) groups is 1. The number of amides is 1. The lowest BCUT2D eigenvalue weighted by molar-refractivity contribution is 0.00578. The molecule has 1 aromatic carbocycles. The van der Waals surface area contributed by atoms with E-state index in [2.05, 4.69) is 15.5 Å². The summed E-state index contributed by atoms with van der Waals surface area (Å²) in [5, 5.41) is 4.09. The normalized spacial score (nSPS) is 17.7. The third-order valence-electron chi connectivity index (χ3n) is 5.11. The van der Waals surface area contributed by atoms with Crippen LogP contribution in [0.3, 0.4) is 0 Å². The fourth-order valence-corrected chi connectivity index (χ4v) is 2.70. The highest BCUT2D eigenvalue weighted by Crippen LogP contribution is 2.36. The topological polar surface area (TPSA) is 82.0 Å². The van der Waals surface area contributed by atoms with Gasteiger partial charge in [-0.2, -0.15) is 5.10 Å². The second-order valence-electron chi connectivity index (χ2n) is 7.52.